The number of aliphatic hydroxyl groups is 1. The monoisotopic (exact) mass is 164 g/mol. The summed E-state index contributed by atoms with van der Waals surface area (Å²) >= 11 is 3.43. The highest BCUT2D eigenvalue weighted by Gasteiger charge is 2.25. The fourth-order valence-corrected chi connectivity index (χ4v) is 1.86. The fourth-order valence-electron chi connectivity index (χ4n) is 0.803. The van der Waals surface area contributed by atoms with Crippen molar-refractivity contribution in [2.45, 2.75) is 17.7 Å². The van der Waals surface area contributed by atoms with Gasteiger partial charge in [0.1, 0.15) is 0 Å². The lowest BCUT2D eigenvalue weighted by molar-refractivity contribution is 0.170. The van der Waals surface area contributed by atoms with E-state index in [2.05, 4.69) is 15.9 Å². The van der Waals surface area contributed by atoms with E-state index in [0.29, 0.717) is 17.4 Å². The van der Waals surface area contributed by atoms with Crippen LogP contribution in [0.15, 0.2) is 0 Å². The van der Waals surface area contributed by atoms with E-state index < -0.39 is 0 Å². The number of hydrogen-bond acceptors (Lipinski definition) is 1. The number of halogens is 1. The van der Waals surface area contributed by atoms with Crippen LogP contribution < -0.4 is 0 Å². The van der Waals surface area contributed by atoms with Crippen LogP contribution in [0.1, 0.15) is 12.8 Å². The van der Waals surface area contributed by atoms with Gasteiger partial charge in [-0.1, -0.05) is 15.9 Å². The first-order valence-corrected chi connectivity index (χ1v) is 3.49. The van der Waals surface area contributed by atoms with Gasteiger partial charge in [-0.3, -0.25) is 0 Å². The standard InChI is InChI=1S/C5H9BrO/c6-5-1-4(2-5)3-7/h4-5,7H,1-3H2. The molecular formula is C5H9BrO. The van der Waals surface area contributed by atoms with Crippen LogP contribution in [0.3, 0.4) is 0 Å². The maximum Gasteiger partial charge on any atom is 0.0460 e. The molecule has 1 aliphatic rings. The summed E-state index contributed by atoms with van der Waals surface area (Å²) in [5.74, 6) is 0.601. The molecule has 1 fully saturated rings. The third kappa shape index (κ3) is 1.16. The van der Waals surface area contributed by atoms with Crippen molar-refractivity contribution in [2.24, 2.45) is 5.92 Å². The molecule has 0 bridgehead atoms. The number of rotatable bonds is 1. The maximum absolute atomic E-state index is 8.48. The molecular weight excluding hydrogens is 156 g/mol. The summed E-state index contributed by atoms with van der Waals surface area (Å²) in [4.78, 5) is 0.699. The predicted molar refractivity (Wildman–Crippen MR) is 32.5 cm³/mol. The van der Waals surface area contributed by atoms with Gasteiger partial charge in [0.25, 0.3) is 0 Å². The van der Waals surface area contributed by atoms with Crippen molar-refractivity contribution in [3.05, 3.63) is 0 Å². The first-order chi connectivity index (χ1) is 3.33. The third-order valence-corrected chi connectivity index (χ3v) is 2.18. The Kier molecular flexibility index (Phi) is 1.70. The topological polar surface area (TPSA) is 20.2 Å². The van der Waals surface area contributed by atoms with Crippen LogP contribution in [0.5, 0.6) is 0 Å². The molecule has 0 aromatic rings. The van der Waals surface area contributed by atoms with Crippen molar-refractivity contribution in [2.75, 3.05) is 6.61 Å². The van der Waals surface area contributed by atoms with E-state index in [1.807, 2.05) is 0 Å². The van der Waals surface area contributed by atoms with Gasteiger partial charge in [-0.25, -0.2) is 0 Å². The summed E-state index contributed by atoms with van der Waals surface area (Å²) in [6.45, 7) is 0.377. The molecule has 7 heavy (non-hydrogen) atoms. The molecule has 0 spiro atoms. The van der Waals surface area contributed by atoms with E-state index in [-0.39, 0.29) is 0 Å². The molecule has 2 heteroatoms. The number of hydrogen-bond donors (Lipinski definition) is 1. The van der Waals surface area contributed by atoms with Gasteiger partial charge in [0.15, 0.2) is 0 Å². The second-order valence-electron chi connectivity index (χ2n) is 2.12. The van der Waals surface area contributed by atoms with Crippen molar-refractivity contribution in [1.82, 2.24) is 0 Å². The first-order valence-electron chi connectivity index (χ1n) is 2.58. The zero-order chi connectivity index (χ0) is 5.28. The minimum absolute atomic E-state index is 0.377. The Morgan fingerprint density at radius 1 is 1.57 bits per heavy atom. The predicted octanol–water partition coefficient (Wildman–Crippen LogP) is 1.15. The Morgan fingerprint density at radius 3 is 2.29 bits per heavy atom. The molecule has 0 saturated heterocycles. The molecule has 1 rings (SSSR count). The maximum atomic E-state index is 8.48. The molecule has 0 aromatic carbocycles. The molecule has 0 amide bonds. The zero-order valence-electron chi connectivity index (χ0n) is 4.10. The summed E-state index contributed by atoms with van der Waals surface area (Å²) in [6.07, 6.45) is 2.33. The average Bonchev–Trinajstić information content (AvgIpc) is 1.58. The SMILES string of the molecule is OCC1CC(Br)C1. The van der Waals surface area contributed by atoms with E-state index in [4.69, 9.17) is 5.11 Å². The molecule has 1 saturated carbocycles. The van der Waals surface area contributed by atoms with E-state index in [9.17, 15) is 0 Å². The van der Waals surface area contributed by atoms with Gasteiger partial charge in [-0.05, 0) is 18.8 Å². The minimum atomic E-state index is 0.377. The lowest BCUT2D eigenvalue weighted by Gasteiger charge is -2.28. The Labute approximate surface area is 51.9 Å². The molecule has 0 atom stereocenters. The third-order valence-electron chi connectivity index (χ3n) is 1.44. The quantitative estimate of drug-likeness (QED) is 0.578. The molecule has 42 valence electrons. The Morgan fingerprint density at radius 2 is 2.14 bits per heavy atom. The summed E-state index contributed by atoms with van der Waals surface area (Å²) in [7, 11) is 0. The van der Waals surface area contributed by atoms with Crippen molar-refractivity contribution in [3.8, 4) is 0 Å². The van der Waals surface area contributed by atoms with Crippen LogP contribution >= 0.6 is 15.9 Å². The number of aliphatic hydroxyl groups excluding tert-OH is 1. The summed E-state index contributed by atoms with van der Waals surface area (Å²) in [5, 5.41) is 8.48. The van der Waals surface area contributed by atoms with Crippen LogP contribution in [0.2, 0.25) is 0 Å². The van der Waals surface area contributed by atoms with E-state index in [1.165, 1.54) is 0 Å². The Hall–Kier alpha value is 0.440. The Balaban J connectivity index is 2.06. The van der Waals surface area contributed by atoms with Crippen molar-refractivity contribution in [3.63, 3.8) is 0 Å². The van der Waals surface area contributed by atoms with Gasteiger partial charge >= 0.3 is 0 Å². The molecule has 0 radical (unpaired) electrons. The van der Waals surface area contributed by atoms with Crippen molar-refractivity contribution in [1.29, 1.82) is 0 Å². The highest BCUT2D eigenvalue weighted by atomic mass is 79.9. The van der Waals surface area contributed by atoms with E-state index in [1.54, 1.807) is 0 Å². The molecule has 1 nitrogen and oxygen atoms in total. The van der Waals surface area contributed by atoms with Gasteiger partial charge in [-0.2, -0.15) is 0 Å². The van der Waals surface area contributed by atoms with E-state index in [0.717, 1.165) is 12.8 Å². The van der Waals surface area contributed by atoms with Crippen LogP contribution in [0.25, 0.3) is 0 Å². The normalized spacial score (nSPS) is 40.3. The second kappa shape index (κ2) is 2.14. The van der Waals surface area contributed by atoms with Crippen molar-refractivity contribution < 1.29 is 5.11 Å². The molecule has 0 heterocycles. The van der Waals surface area contributed by atoms with Gasteiger partial charge in [0.05, 0.1) is 0 Å². The smallest absolute Gasteiger partial charge is 0.0460 e. The minimum Gasteiger partial charge on any atom is -0.396 e. The van der Waals surface area contributed by atoms with Gasteiger partial charge in [0, 0.05) is 11.4 Å². The van der Waals surface area contributed by atoms with Gasteiger partial charge < -0.3 is 5.11 Å². The van der Waals surface area contributed by atoms with Gasteiger partial charge in [-0.15, -0.1) is 0 Å². The molecule has 1 aliphatic carbocycles. The summed E-state index contributed by atoms with van der Waals surface area (Å²) in [6, 6.07) is 0. The van der Waals surface area contributed by atoms with Crippen LogP contribution in [0.4, 0.5) is 0 Å². The largest absolute Gasteiger partial charge is 0.396 e. The Bertz CT molecular complexity index is 59.1. The highest BCUT2D eigenvalue weighted by Crippen LogP contribution is 2.32. The summed E-state index contributed by atoms with van der Waals surface area (Å²) < 4.78 is 0. The van der Waals surface area contributed by atoms with Crippen molar-refractivity contribution >= 4 is 15.9 Å². The second-order valence-corrected chi connectivity index (χ2v) is 3.41. The van der Waals surface area contributed by atoms with Gasteiger partial charge in [0.2, 0.25) is 0 Å². The lowest BCUT2D eigenvalue weighted by Crippen LogP contribution is -2.25. The highest BCUT2D eigenvalue weighted by molar-refractivity contribution is 9.09. The fraction of sp³-hybridized carbons (Fsp3) is 1.00. The number of alkyl halides is 1. The zero-order valence-corrected chi connectivity index (χ0v) is 5.69. The molecule has 0 aromatic heterocycles. The van der Waals surface area contributed by atoms with Crippen LogP contribution in [-0.4, -0.2) is 16.5 Å². The first kappa shape index (κ1) is 5.57. The lowest BCUT2D eigenvalue weighted by atomic mass is 9.86. The molecule has 0 unspecified atom stereocenters. The van der Waals surface area contributed by atoms with Crippen LogP contribution in [-0.2, 0) is 0 Å². The molecule has 0 aliphatic heterocycles. The van der Waals surface area contributed by atoms with Crippen LogP contribution in [0, 0.1) is 5.92 Å². The van der Waals surface area contributed by atoms with E-state index >= 15 is 0 Å². The molecule has 1 N–H and O–H groups in total. The summed E-state index contributed by atoms with van der Waals surface area (Å²) in [5.41, 5.74) is 0. The average molecular weight is 165 g/mol.